The van der Waals surface area contributed by atoms with Gasteiger partial charge >= 0.3 is 0 Å². The number of benzene rings is 1. The van der Waals surface area contributed by atoms with Crippen molar-refractivity contribution >= 4 is 41.5 Å². The average Bonchev–Trinajstić information content (AvgIpc) is 3.26. The number of para-hydroxylation sites is 2. The zero-order valence-electron chi connectivity index (χ0n) is 17.6. The summed E-state index contributed by atoms with van der Waals surface area (Å²) in [4.78, 5) is 23.5. The molecule has 3 aliphatic heterocycles. The van der Waals surface area contributed by atoms with E-state index in [0.717, 1.165) is 69.8 Å². The number of nitrogens with one attached hydrogen (secondary N) is 1. The van der Waals surface area contributed by atoms with Crippen LogP contribution in [-0.2, 0) is 9.53 Å². The van der Waals surface area contributed by atoms with Gasteiger partial charge in [-0.15, -0.1) is 24.0 Å². The van der Waals surface area contributed by atoms with Crippen molar-refractivity contribution in [2.45, 2.75) is 18.9 Å². The number of hydrogen-bond donors (Lipinski definition) is 1. The van der Waals surface area contributed by atoms with Gasteiger partial charge in [-0.1, -0.05) is 12.1 Å². The van der Waals surface area contributed by atoms with E-state index in [0.29, 0.717) is 12.6 Å². The smallest absolute Gasteiger partial charge is 0.265 e. The molecule has 0 radical (unpaired) electrons. The maximum absolute atomic E-state index is 12.3. The number of anilines is 1. The van der Waals surface area contributed by atoms with Gasteiger partial charge in [-0.3, -0.25) is 14.7 Å². The highest BCUT2D eigenvalue weighted by Gasteiger charge is 2.30. The third-order valence-electron chi connectivity index (χ3n) is 5.89. The van der Waals surface area contributed by atoms with Crippen LogP contribution >= 0.6 is 24.0 Å². The minimum atomic E-state index is 0. The highest BCUT2D eigenvalue weighted by atomic mass is 127. The first-order valence-corrected chi connectivity index (χ1v) is 10.6. The Kier molecular flexibility index (Phi) is 8.58. The molecule has 4 rings (SSSR count). The van der Waals surface area contributed by atoms with Gasteiger partial charge in [0.05, 0.1) is 18.9 Å². The lowest BCUT2D eigenvalue weighted by Crippen LogP contribution is -2.47. The number of ether oxygens (including phenoxy) is 2. The summed E-state index contributed by atoms with van der Waals surface area (Å²) in [6.07, 6.45) is 2.01. The third kappa shape index (κ3) is 5.36. The molecule has 1 atom stereocenters. The lowest BCUT2D eigenvalue weighted by Gasteiger charge is -2.32. The van der Waals surface area contributed by atoms with Crippen molar-refractivity contribution < 1.29 is 14.3 Å². The van der Waals surface area contributed by atoms with Gasteiger partial charge in [0.1, 0.15) is 5.75 Å². The quantitative estimate of drug-likeness (QED) is 0.269. The predicted molar refractivity (Wildman–Crippen MR) is 128 cm³/mol. The molecule has 30 heavy (non-hydrogen) atoms. The number of fused-ring (bicyclic) bond motifs is 1. The van der Waals surface area contributed by atoms with Gasteiger partial charge in [0.15, 0.2) is 12.6 Å². The summed E-state index contributed by atoms with van der Waals surface area (Å²) in [5.41, 5.74) is 0.862. The number of morpholine rings is 1. The molecular weight excluding hydrogens is 497 g/mol. The number of carbonyl (C=O) groups excluding carboxylic acids is 1. The Balaban J connectivity index is 0.00000256. The van der Waals surface area contributed by atoms with E-state index >= 15 is 0 Å². The van der Waals surface area contributed by atoms with Crippen molar-refractivity contribution in [2.24, 2.45) is 4.99 Å². The monoisotopic (exact) mass is 529 g/mol. The second-order valence-corrected chi connectivity index (χ2v) is 7.67. The molecule has 2 saturated heterocycles. The van der Waals surface area contributed by atoms with Crippen LogP contribution in [0.4, 0.5) is 5.69 Å². The summed E-state index contributed by atoms with van der Waals surface area (Å²) >= 11 is 0. The first-order chi connectivity index (χ1) is 14.3. The predicted octanol–water partition coefficient (Wildman–Crippen LogP) is 1.40. The van der Waals surface area contributed by atoms with E-state index in [2.05, 4.69) is 20.1 Å². The van der Waals surface area contributed by atoms with Gasteiger partial charge in [0.2, 0.25) is 0 Å². The van der Waals surface area contributed by atoms with Crippen LogP contribution in [0.25, 0.3) is 0 Å². The largest absolute Gasteiger partial charge is 0.482 e. The normalized spacial score (nSPS) is 22.4. The van der Waals surface area contributed by atoms with Crippen LogP contribution in [0.15, 0.2) is 29.3 Å². The van der Waals surface area contributed by atoms with Crippen molar-refractivity contribution in [2.75, 3.05) is 71.0 Å². The molecule has 2 fully saturated rings. The number of nitrogens with zero attached hydrogens (tertiary/aromatic N) is 4. The highest BCUT2D eigenvalue weighted by Crippen LogP contribution is 2.31. The second kappa shape index (κ2) is 11.1. The molecule has 1 N–H and O–H groups in total. The lowest BCUT2D eigenvalue weighted by molar-refractivity contribution is -0.121. The van der Waals surface area contributed by atoms with Crippen molar-refractivity contribution in [3.63, 3.8) is 0 Å². The molecule has 0 aliphatic carbocycles. The summed E-state index contributed by atoms with van der Waals surface area (Å²) < 4.78 is 11.0. The van der Waals surface area contributed by atoms with E-state index in [1.165, 1.54) is 6.42 Å². The van der Waals surface area contributed by atoms with E-state index in [1.54, 1.807) is 0 Å². The maximum Gasteiger partial charge on any atom is 0.265 e. The molecule has 1 unspecified atom stereocenters. The Morgan fingerprint density at radius 3 is 2.83 bits per heavy atom. The highest BCUT2D eigenvalue weighted by molar-refractivity contribution is 14.0. The van der Waals surface area contributed by atoms with Crippen LogP contribution in [0.5, 0.6) is 5.75 Å². The number of guanidine groups is 1. The summed E-state index contributed by atoms with van der Waals surface area (Å²) in [6, 6.07) is 8.30. The van der Waals surface area contributed by atoms with Gasteiger partial charge in [0.25, 0.3) is 5.91 Å². The van der Waals surface area contributed by atoms with Crippen LogP contribution in [-0.4, -0.2) is 93.8 Å². The van der Waals surface area contributed by atoms with Gasteiger partial charge in [-0.2, -0.15) is 0 Å². The van der Waals surface area contributed by atoms with Gasteiger partial charge in [0, 0.05) is 52.4 Å². The van der Waals surface area contributed by atoms with Crippen LogP contribution in [0.2, 0.25) is 0 Å². The molecule has 9 heteroatoms. The van der Waals surface area contributed by atoms with Crippen LogP contribution < -0.4 is 15.0 Å². The summed E-state index contributed by atoms with van der Waals surface area (Å²) in [5, 5.41) is 3.48. The maximum atomic E-state index is 12.3. The second-order valence-electron chi connectivity index (χ2n) is 7.67. The Bertz CT molecular complexity index is 741. The number of hydrogen-bond acceptors (Lipinski definition) is 5. The number of halogens is 1. The van der Waals surface area contributed by atoms with Crippen LogP contribution in [0, 0.1) is 0 Å². The number of amides is 1. The minimum absolute atomic E-state index is 0. The van der Waals surface area contributed by atoms with Gasteiger partial charge in [-0.25, -0.2) is 0 Å². The molecule has 1 aromatic carbocycles. The van der Waals surface area contributed by atoms with Gasteiger partial charge in [-0.05, 0) is 25.0 Å². The Morgan fingerprint density at radius 2 is 2.03 bits per heavy atom. The number of carbonyl (C=O) groups is 1. The lowest BCUT2D eigenvalue weighted by atomic mass is 10.2. The first kappa shape index (κ1) is 23.1. The van der Waals surface area contributed by atoms with Crippen LogP contribution in [0.1, 0.15) is 12.8 Å². The van der Waals surface area contributed by atoms with Gasteiger partial charge < -0.3 is 24.6 Å². The molecule has 166 valence electrons. The molecule has 0 aromatic heterocycles. The van der Waals surface area contributed by atoms with Crippen molar-refractivity contribution in [1.29, 1.82) is 0 Å². The van der Waals surface area contributed by atoms with E-state index in [9.17, 15) is 4.79 Å². The molecule has 3 heterocycles. The molecule has 3 aliphatic rings. The molecule has 1 aromatic rings. The third-order valence-corrected chi connectivity index (χ3v) is 5.89. The fourth-order valence-corrected chi connectivity index (χ4v) is 4.34. The zero-order valence-corrected chi connectivity index (χ0v) is 19.9. The Hall–Kier alpha value is -1.59. The van der Waals surface area contributed by atoms with Crippen molar-refractivity contribution in [3.05, 3.63) is 24.3 Å². The fraction of sp³-hybridized carbons (Fsp3) is 0.619. The topological polar surface area (TPSA) is 69.6 Å². The molecule has 0 spiro atoms. The molecule has 0 bridgehead atoms. The summed E-state index contributed by atoms with van der Waals surface area (Å²) in [6.45, 7) is 7.32. The average molecular weight is 529 g/mol. The van der Waals surface area contributed by atoms with E-state index in [4.69, 9.17) is 9.47 Å². The number of rotatable bonds is 5. The van der Waals surface area contributed by atoms with Crippen molar-refractivity contribution in [3.8, 4) is 5.75 Å². The first-order valence-electron chi connectivity index (χ1n) is 10.6. The summed E-state index contributed by atoms with van der Waals surface area (Å²) in [7, 11) is 1.84. The molecule has 8 nitrogen and oxygen atoms in total. The number of aliphatic imine (C=N–C) groups is 1. The Labute approximate surface area is 195 Å². The summed E-state index contributed by atoms with van der Waals surface area (Å²) in [5.74, 6) is 1.75. The van der Waals surface area contributed by atoms with E-state index < -0.39 is 0 Å². The molecule has 0 saturated carbocycles. The fourth-order valence-electron chi connectivity index (χ4n) is 4.34. The molecule has 1 amide bonds. The van der Waals surface area contributed by atoms with E-state index in [-0.39, 0.29) is 36.5 Å². The SMILES string of the molecule is CN=C(NCCCN1C(=O)COc2ccccc21)N1CCC(N2CCOCC2)C1.I. The zero-order chi connectivity index (χ0) is 20.1. The Morgan fingerprint density at radius 1 is 1.23 bits per heavy atom. The van der Waals surface area contributed by atoms with E-state index in [1.807, 2.05) is 36.2 Å². The standard InChI is InChI=1S/C21H31N5O3.HI/c1-22-21(25-10-7-17(15-25)24-11-13-28-14-12-24)23-8-4-9-26-18-5-2-3-6-19(18)29-16-20(26)27;/h2-3,5-6,17H,4,7-16H2,1H3,(H,22,23);1H. The molecular formula is C21H32IN5O3. The minimum Gasteiger partial charge on any atom is -0.482 e. The van der Waals surface area contributed by atoms with Crippen molar-refractivity contribution in [1.82, 2.24) is 15.1 Å². The van der Waals surface area contributed by atoms with Crippen LogP contribution in [0.3, 0.4) is 0 Å². The number of likely N-dealkylation sites (tertiary alicyclic amines) is 1.